The summed E-state index contributed by atoms with van der Waals surface area (Å²) in [6.07, 6.45) is 1.59. The molecule has 0 atom stereocenters. The first-order chi connectivity index (χ1) is 7.74. The van der Waals surface area contributed by atoms with Gasteiger partial charge in [-0.3, -0.25) is 4.79 Å². The van der Waals surface area contributed by atoms with Gasteiger partial charge < -0.3 is 9.97 Å². The number of hydrogen-bond acceptors (Lipinski definition) is 1. The van der Waals surface area contributed by atoms with E-state index in [-0.39, 0.29) is 11.4 Å². The van der Waals surface area contributed by atoms with E-state index in [4.69, 9.17) is 0 Å². The topological polar surface area (TPSA) is 48.6 Å². The second-order valence-electron chi connectivity index (χ2n) is 3.26. The summed E-state index contributed by atoms with van der Waals surface area (Å²) in [4.78, 5) is 16.6. The van der Waals surface area contributed by atoms with Crippen LogP contribution in [-0.2, 0) is 5.75 Å². The number of hydrogen-bond donors (Lipinski definition) is 3. The number of benzene rings is 1. The highest BCUT2D eigenvalue weighted by atomic mass is 32.1. The first-order valence-corrected chi connectivity index (χ1v) is 5.85. The molecule has 0 fully saturated rings. The van der Waals surface area contributed by atoms with Crippen LogP contribution in [0.15, 0.2) is 41.3 Å². The summed E-state index contributed by atoms with van der Waals surface area (Å²) in [5.41, 5.74) is 0.764. The van der Waals surface area contributed by atoms with Gasteiger partial charge in [0, 0.05) is 18.0 Å². The molecule has 0 amide bonds. The lowest BCUT2D eigenvalue weighted by Gasteiger charge is -1.96. The molecule has 2 rings (SSSR count). The molecule has 1 aromatic carbocycles. The molecule has 2 N–H and O–H groups in total. The maximum absolute atomic E-state index is 12.9. The van der Waals surface area contributed by atoms with E-state index in [0.29, 0.717) is 5.75 Å². The number of nitrogens with one attached hydrogen (secondary N) is 2. The van der Waals surface area contributed by atoms with E-state index >= 15 is 0 Å². The van der Waals surface area contributed by atoms with Gasteiger partial charge in [0.15, 0.2) is 0 Å². The second-order valence-corrected chi connectivity index (χ2v) is 4.34. The SMILES string of the molecule is O=c1cc[nH]c(=[SH]Cc2cccc(F)c2)[nH]1. The standard InChI is InChI=1S/C11H11FN2OS/c12-9-3-1-2-8(6-9)7-16-11-13-5-4-10(15)14-11/h1-6,13,16H,7H2,(H,14,15). The highest BCUT2D eigenvalue weighted by molar-refractivity contribution is 7.90. The van der Waals surface area contributed by atoms with Gasteiger partial charge in [0.2, 0.25) is 0 Å². The van der Waals surface area contributed by atoms with Gasteiger partial charge in [0.1, 0.15) is 10.6 Å². The van der Waals surface area contributed by atoms with Crippen LogP contribution in [0, 0.1) is 10.6 Å². The number of H-pyrrole nitrogens is 2. The van der Waals surface area contributed by atoms with Crippen molar-refractivity contribution in [2.45, 2.75) is 5.75 Å². The van der Waals surface area contributed by atoms with E-state index in [0.717, 1.165) is 21.7 Å². The lowest BCUT2D eigenvalue weighted by Crippen LogP contribution is -2.03. The number of halogens is 1. The van der Waals surface area contributed by atoms with Crippen molar-refractivity contribution in [2.75, 3.05) is 0 Å². The molecule has 0 spiro atoms. The molecule has 0 aliphatic rings. The van der Waals surface area contributed by atoms with Crippen molar-refractivity contribution >= 4 is 11.4 Å². The molecule has 0 unspecified atom stereocenters. The van der Waals surface area contributed by atoms with Crippen LogP contribution in [0.25, 0.3) is 0 Å². The molecule has 1 heterocycles. The van der Waals surface area contributed by atoms with Crippen molar-refractivity contribution < 1.29 is 4.39 Å². The van der Waals surface area contributed by atoms with Gasteiger partial charge in [-0.05, 0) is 17.7 Å². The van der Waals surface area contributed by atoms with Crippen molar-refractivity contribution in [3.8, 4) is 0 Å². The van der Waals surface area contributed by atoms with Crippen LogP contribution in [0.2, 0.25) is 0 Å². The fraction of sp³-hybridized carbons (Fsp3) is 0.0909. The van der Waals surface area contributed by atoms with Gasteiger partial charge in [0.05, 0.1) is 0 Å². The van der Waals surface area contributed by atoms with Crippen molar-refractivity contribution in [3.05, 3.63) is 63.0 Å². The largest absolute Gasteiger partial charge is 0.343 e. The average Bonchev–Trinajstić information content (AvgIpc) is 2.27. The summed E-state index contributed by atoms with van der Waals surface area (Å²) in [6.45, 7) is 0. The minimum Gasteiger partial charge on any atom is -0.343 e. The summed E-state index contributed by atoms with van der Waals surface area (Å²) >= 11 is 0.908. The second kappa shape index (κ2) is 4.94. The van der Waals surface area contributed by atoms with Crippen LogP contribution < -0.4 is 5.56 Å². The maximum Gasteiger partial charge on any atom is 0.251 e. The van der Waals surface area contributed by atoms with Crippen molar-refractivity contribution in [1.82, 2.24) is 9.97 Å². The van der Waals surface area contributed by atoms with Crippen LogP contribution in [0.3, 0.4) is 0 Å². The maximum atomic E-state index is 12.9. The Kier molecular flexibility index (Phi) is 3.36. The fourth-order valence-electron chi connectivity index (χ4n) is 1.28. The first kappa shape index (κ1) is 10.9. The molecule has 5 heteroatoms. The molecule has 0 aliphatic heterocycles. The Morgan fingerprint density at radius 1 is 1.31 bits per heavy atom. The monoisotopic (exact) mass is 238 g/mol. The third kappa shape index (κ3) is 2.93. The average molecular weight is 238 g/mol. The van der Waals surface area contributed by atoms with Crippen LogP contribution in [0.4, 0.5) is 4.39 Å². The zero-order valence-electron chi connectivity index (χ0n) is 8.40. The lowest BCUT2D eigenvalue weighted by molar-refractivity contribution is 0.626. The number of rotatable bonds is 2. The molecular formula is C11H11FN2OS. The Hall–Kier alpha value is -1.62. The van der Waals surface area contributed by atoms with Crippen LogP contribution >= 0.6 is 11.4 Å². The minimum atomic E-state index is -0.238. The van der Waals surface area contributed by atoms with Gasteiger partial charge >= 0.3 is 0 Å². The van der Waals surface area contributed by atoms with Gasteiger partial charge in [-0.1, -0.05) is 12.1 Å². The molecular weight excluding hydrogens is 227 g/mol. The van der Waals surface area contributed by atoms with E-state index in [1.54, 1.807) is 12.3 Å². The predicted molar refractivity (Wildman–Crippen MR) is 63.7 cm³/mol. The molecule has 84 valence electrons. The predicted octanol–water partition coefficient (Wildman–Crippen LogP) is 2.04. The summed E-state index contributed by atoms with van der Waals surface area (Å²) in [6, 6.07) is 7.86. The molecule has 3 nitrogen and oxygen atoms in total. The minimum absolute atomic E-state index is 0.138. The van der Waals surface area contributed by atoms with Gasteiger partial charge in [-0.15, -0.1) is 0 Å². The molecule has 16 heavy (non-hydrogen) atoms. The smallest absolute Gasteiger partial charge is 0.251 e. The molecule has 0 radical (unpaired) electrons. The van der Waals surface area contributed by atoms with Crippen LogP contribution in [-0.4, -0.2) is 9.97 Å². The molecule has 0 saturated carbocycles. The van der Waals surface area contributed by atoms with E-state index in [1.165, 1.54) is 18.2 Å². The summed E-state index contributed by atoms with van der Waals surface area (Å²) in [5, 5.41) is 0. The Labute approximate surface area is 94.9 Å². The lowest BCUT2D eigenvalue weighted by atomic mass is 10.2. The van der Waals surface area contributed by atoms with E-state index in [9.17, 15) is 9.18 Å². The quantitative estimate of drug-likeness (QED) is 0.544. The third-order valence-corrected chi connectivity index (χ3v) is 3.09. The number of aromatic nitrogens is 2. The normalized spacial score (nSPS) is 12.2. The zero-order valence-corrected chi connectivity index (χ0v) is 9.30. The van der Waals surface area contributed by atoms with Gasteiger partial charge in [0.25, 0.3) is 5.56 Å². The molecule has 2 aromatic rings. The zero-order chi connectivity index (χ0) is 11.4. The summed E-state index contributed by atoms with van der Waals surface area (Å²) in [5.74, 6) is 0.423. The number of thiol groups is 1. The Morgan fingerprint density at radius 3 is 2.94 bits per heavy atom. The van der Waals surface area contributed by atoms with Crippen molar-refractivity contribution in [2.24, 2.45) is 0 Å². The Bertz CT molecular complexity index is 603. The van der Waals surface area contributed by atoms with Crippen molar-refractivity contribution in [3.63, 3.8) is 0 Å². The first-order valence-electron chi connectivity index (χ1n) is 4.77. The highest BCUT2D eigenvalue weighted by Crippen LogP contribution is 2.08. The van der Waals surface area contributed by atoms with Crippen LogP contribution in [0.5, 0.6) is 0 Å². The van der Waals surface area contributed by atoms with E-state index < -0.39 is 0 Å². The molecule has 0 saturated heterocycles. The third-order valence-electron chi connectivity index (χ3n) is 2.01. The number of aromatic amines is 2. The summed E-state index contributed by atoms with van der Waals surface area (Å²) < 4.78 is 13.6. The van der Waals surface area contributed by atoms with Crippen molar-refractivity contribution in [1.29, 1.82) is 0 Å². The van der Waals surface area contributed by atoms with Gasteiger partial charge in [-0.25, -0.2) is 4.39 Å². The Morgan fingerprint density at radius 2 is 2.19 bits per heavy atom. The van der Waals surface area contributed by atoms with E-state index in [2.05, 4.69) is 9.97 Å². The fourth-order valence-corrected chi connectivity index (χ4v) is 2.17. The van der Waals surface area contributed by atoms with Gasteiger partial charge in [-0.2, -0.15) is 11.4 Å². The summed E-state index contributed by atoms with van der Waals surface area (Å²) in [7, 11) is 0. The molecule has 0 aliphatic carbocycles. The highest BCUT2D eigenvalue weighted by Gasteiger charge is 1.92. The Balaban J connectivity index is 2.24. The van der Waals surface area contributed by atoms with E-state index in [1.807, 2.05) is 6.07 Å². The molecule has 1 aromatic heterocycles. The molecule has 0 bridgehead atoms. The van der Waals surface area contributed by atoms with Crippen LogP contribution in [0.1, 0.15) is 5.56 Å².